The van der Waals surface area contributed by atoms with E-state index in [0.717, 1.165) is 42.6 Å². The Morgan fingerprint density at radius 3 is 2.65 bits per heavy atom. The van der Waals surface area contributed by atoms with Crippen molar-refractivity contribution < 1.29 is 18.7 Å². The number of furan rings is 1. The second-order valence-corrected chi connectivity index (χ2v) is 6.93. The topological polar surface area (TPSA) is 51.9 Å². The van der Waals surface area contributed by atoms with Crippen molar-refractivity contribution in [1.82, 2.24) is 4.90 Å². The fraction of sp³-hybridized carbons (Fsp3) is 0.250. The lowest BCUT2D eigenvalue weighted by Crippen LogP contribution is -2.35. The molecule has 0 radical (unpaired) electrons. The molecule has 0 atom stereocenters. The summed E-state index contributed by atoms with van der Waals surface area (Å²) in [5, 5.41) is 2.21. The zero-order valence-corrected chi connectivity index (χ0v) is 15.7. The summed E-state index contributed by atoms with van der Waals surface area (Å²) >= 11 is 3.21. The lowest BCUT2D eigenvalue weighted by atomic mass is 10.0. The van der Waals surface area contributed by atoms with E-state index in [-0.39, 0.29) is 5.76 Å². The number of benzene rings is 2. The summed E-state index contributed by atoms with van der Waals surface area (Å²) in [6.07, 6.45) is 0. The maximum atomic E-state index is 12.4. The van der Waals surface area contributed by atoms with Crippen LogP contribution >= 0.6 is 15.9 Å². The van der Waals surface area contributed by atoms with Crippen molar-refractivity contribution in [3.05, 3.63) is 64.5 Å². The smallest absolute Gasteiger partial charge is 0.379 e. The highest BCUT2D eigenvalue weighted by molar-refractivity contribution is 9.10. The minimum Gasteiger partial charge on any atom is -0.442 e. The third kappa shape index (κ3) is 3.67. The molecule has 1 aliphatic rings. The predicted molar refractivity (Wildman–Crippen MR) is 101 cm³/mol. The highest BCUT2D eigenvalue weighted by Crippen LogP contribution is 2.30. The fourth-order valence-electron chi connectivity index (χ4n) is 3.13. The monoisotopic (exact) mass is 415 g/mol. The molecule has 6 heteroatoms. The molecule has 0 amide bonds. The second kappa shape index (κ2) is 7.61. The molecule has 1 fully saturated rings. The van der Waals surface area contributed by atoms with Crippen molar-refractivity contribution in [2.45, 2.75) is 6.54 Å². The molecule has 0 spiro atoms. The summed E-state index contributed by atoms with van der Waals surface area (Å²) in [7, 11) is 0. The van der Waals surface area contributed by atoms with Gasteiger partial charge >= 0.3 is 5.97 Å². The van der Waals surface area contributed by atoms with Crippen molar-refractivity contribution in [3.8, 4) is 5.75 Å². The van der Waals surface area contributed by atoms with Crippen molar-refractivity contribution in [2.24, 2.45) is 0 Å². The molecule has 1 aromatic heterocycles. The number of morpholine rings is 1. The van der Waals surface area contributed by atoms with Gasteiger partial charge in [-0.2, -0.15) is 0 Å². The Balaban J connectivity index is 1.68. The maximum Gasteiger partial charge on any atom is 0.379 e. The van der Waals surface area contributed by atoms with Gasteiger partial charge in [0.05, 0.1) is 13.2 Å². The predicted octanol–water partition coefficient (Wildman–Crippen LogP) is 4.25. The van der Waals surface area contributed by atoms with E-state index in [4.69, 9.17) is 13.9 Å². The van der Waals surface area contributed by atoms with Gasteiger partial charge in [-0.05, 0) is 44.9 Å². The fourth-order valence-corrected chi connectivity index (χ4v) is 3.44. The van der Waals surface area contributed by atoms with Crippen LogP contribution in [0.5, 0.6) is 5.75 Å². The Morgan fingerprint density at radius 1 is 1.08 bits per heavy atom. The van der Waals surface area contributed by atoms with Crippen LogP contribution in [-0.4, -0.2) is 37.2 Å². The van der Waals surface area contributed by atoms with Crippen LogP contribution in [0.25, 0.3) is 10.8 Å². The van der Waals surface area contributed by atoms with Crippen molar-refractivity contribution in [1.29, 1.82) is 0 Å². The summed E-state index contributed by atoms with van der Waals surface area (Å²) in [6, 6.07) is 15.2. The van der Waals surface area contributed by atoms with Crippen LogP contribution in [0.15, 0.2) is 57.6 Å². The van der Waals surface area contributed by atoms with Crippen LogP contribution in [0.3, 0.4) is 0 Å². The third-order valence-corrected chi connectivity index (χ3v) is 4.89. The van der Waals surface area contributed by atoms with E-state index < -0.39 is 5.97 Å². The van der Waals surface area contributed by atoms with Crippen LogP contribution < -0.4 is 4.74 Å². The van der Waals surface area contributed by atoms with E-state index in [1.165, 1.54) is 0 Å². The van der Waals surface area contributed by atoms with Crippen LogP contribution in [0.1, 0.15) is 16.1 Å². The van der Waals surface area contributed by atoms with Crippen LogP contribution in [0.2, 0.25) is 0 Å². The van der Waals surface area contributed by atoms with Gasteiger partial charge in [0.1, 0.15) is 5.75 Å². The van der Waals surface area contributed by atoms with Crippen molar-refractivity contribution >= 4 is 32.7 Å². The quantitative estimate of drug-likeness (QED) is 0.470. The Kier molecular flexibility index (Phi) is 5.06. The summed E-state index contributed by atoms with van der Waals surface area (Å²) in [5.41, 5.74) is 1.00. The highest BCUT2D eigenvalue weighted by atomic mass is 79.9. The van der Waals surface area contributed by atoms with Gasteiger partial charge in [0.25, 0.3) is 0 Å². The molecular weight excluding hydrogens is 398 g/mol. The maximum absolute atomic E-state index is 12.4. The van der Waals surface area contributed by atoms with E-state index >= 15 is 0 Å². The standard InChI is InChI=1S/C20H18BrNO4/c21-19-8-7-18(25-19)20(23)26-17-6-5-14-3-1-2-4-15(14)16(17)13-22-9-11-24-12-10-22/h1-8H,9-13H2. The Labute approximate surface area is 159 Å². The number of carbonyl (C=O) groups excluding carboxylic acids is 1. The first-order valence-electron chi connectivity index (χ1n) is 8.49. The zero-order valence-electron chi connectivity index (χ0n) is 14.1. The van der Waals surface area contributed by atoms with Crippen LogP contribution in [0, 0.1) is 0 Å². The molecule has 5 nitrogen and oxygen atoms in total. The van der Waals surface area contributed by atoms with E-state index in [1.54, 1.807) is 12.1 Å². The van der Waals surface area contributed by atoms with Gasteiger partial charge in [-0.1, -0.05) is 30.3 Å². The summed E-state index contributed by atoms with van der Waals surface area (Å²) in [5.74, 6) is 0.226. The molecule has 4 rings (SSSR count). The second-order valence-electron chi connectivity index (χ2n) is 6.15. The number of carbonyl (C=O) groups is 1. The van der Waals surface area contributed by atoms with Crippen molar-refractivity contribution in [2.75, 3.05) is 26.3 Å². The van der Waals surface area contributed by atoms with Gasteiger partial charge in [0, 0.05) is 25.2 Å². The molecule has 1 saturated heterocycles. The number of fused-ring (bicyclic) bond motifs is 1. The lowest BCUT2D eigenvalue weighted by molar-refractivity contribution is 0.0338. The number of hydrogen-bond acceptors (Lipinski definition) is 5. The molecule has 26 heavy (non-hydrogen) atoms. The number of nitrogens with zero attached hydrogens (tertiary/aromatic N) is 1. The van der Waals surface area contributed by atoms with Gasteiger partial charge in [-0.15, -0.1) is 0 Å². The Hall–Kier alpha value is -2.15. The third-order valence-electron chi connectivity index (χ3n) is 4.46. The van der Waals surface area contributed by atoms with Crippen LogP contribution in [-0.2, 0) is 11.3 Å². The molecule has 2 aromatic carbocycles. The van der Waals surface area contributed by atoms with E-state index in [9.17, 15) is 4.79 Å². The summed E-state index contributed by atoms with van der Waals surface area (Å²) in [6.45, 7) is 3.87. The first-order chi connectivity index (χ1) is 12.7. The van der Waals surface area contributed by atoms with E-state index in [1.807, 2.05) is 24.3 Å². The number of esters is 1. The van der Waals surface area contributed by atoms with E-state index in [2.05, 4.69) is 33.0 Å². The minimum absolute atomic E-state index is 0.169. The first kappa shape index (κ1) is 17.3. The Morgan fingerprint density at radius 2 is 1.88 bits per heavy atom. The molecule has 3 aromatic rings. The van der Waals surface area contributed by atoms with Crippen LogP contribution in [0.4, 0.5) is 0 Å². The van der Waals surface area contributed by atoms with Gasteiger partial charge in [-0.25, -0.2) is 4.79 Å². The van der Waals surface area contributed by atoms with Crippen molar-refractivity contribution in [3.63, 3.8) is 0 Å². The summed E-state index contributed by atoms with van der Waals surface area (Å²) in [4.78, 5) is 14.7. The number of ether oxygens (including phenoxy) is 2. The highest BCUT2D eigenvalue weighted by Gasteiger charge is 2.19. The zero-order chi connectivity index (χ0) is 17.9. The molecule has 0 unspecified atom stereocenters. The average molecular weight is 416 g/mol. The SMILES string of the molecule is O=C(Oc1ccc2ccccc2c1CN1CCOCC1)c1ccc(Br)o1. The normalized spacial score (nSPS) is 15.3. The molecule has 0 bridgehead atoms. The molecule has 0 aliphatic carbocycles. The largest absolute Gasteiger partial charge is 0.442 e. The number of hydrogen-bond donors (Lipinski definition) is 0. The summed E-state index contributed by atoms with van der Waals surface area (Å²) < 4.78 is 16.9. The lowest BCUT2D eigenvalue weighted by Gasteiger charge is -2.27. The Bertz CT molecular complexity index is 930. The number of halogens is 1. The molecule has 0 saturated carbocycles. The molecule has 0 N–H and O–H groups in total. The first-order valence-corrected chi connectivity index (χ1v) is 9.28. The molecule has 1 aliphatic heterocycles. The van der Waals surface area contributed by atoms with Gasteiger partial charge in [-0.3, -0.25) is 4.90 Å². The molecule has 134 valence electrons. The molecular formula is C20H18BrNO4. The minimum atomic E-state index is -0.505. The van der Waals surface area contributed by atoms with Gasteiger partial charge < -0.3 is 13.9 Å². The molecule has 2 heterocycles. The van der Waals surface area contributed by atoms with E-state index in [0.29, 0.717) is 17.0 Å². The number of rotatable bonds is 4. The van der Waals surface area contributed by atoms with Gasteiger partial charge in [0.15, 0.2) is 4.67 Å². The van der Waals surface area contributed by atoms with Gasteiger partial charge in [0.2, 0.25) is 5.76 Å². The average Bonchev–Trinajstić information content (AvgIpc) is 3.11.